The molecular formula is C14H23N3. The number of rotatable bonds is 3. The SMILES string of the molecule is CC(c1ccncc1)N(C)C1CCC(N)CC1. The van der Waals surface area contributed by atoms with Gasteiger partial charge in [-0.3, -0.25) is 9.88 Å². The first-order chi connectivity index (χ1) is 8.18. The van der Waals surface area contributed by atoms with Crippen LogP contribution in [0.25, 0.3) is 0 Å². The Labute approximate surface area is 104 Å². The summed E-state index contributed by atoms with van der Waals surface area (Å²) in [6.45, 7) is 2.27. The molecule has 0 aromatic carbocycles. The lowest BCUT2D eigenvalue weighted by Gasteiger charge is -2.37. The quantitative estimate of drug-likeness (QED) is 0.871. The second-order valence-electron chi connectivity index (χ2n) is 5.19. The van der Waals surface area contributed by atoms with Crippen LogP contribution in [0.5, 0.6) is 0 Å². The highest BCUT2D eigenvalue weighted by molar-refractivity contribution is 5.14. The van der Waals surface area contributed by atoms with Crippen molar-refractivity contribution in [1.29, 1.82) is 0 Å². The molecule has 0 radical (unpaired) electrons. The van der Waals surface area contributed by atoms with Crippen LogP contribution < -0.4 is 5.73 Å². The van der Waals surface area contributed by atoms with Crippen LogP contribution in [-0.2, 0) is 0 Å². The molecule has 1 heterocycles. The molecule has 1 fully saturated rings. The molecule has 1 atom stereocenters. The minimum Gasteiger partial charge on any atom is -0.328 e. The summed E-state index contributed by atoms with van der Waals surface area (Å²) in [4.78, 5) is 6.56. The number of hydrogen-bond donors (Lipinski definition) is 1. The molecule has 17 heavy (non-hydrogen) atoms. The number of pyridine rings is 1. The summed E-state index contributed by atoms with van der Waals surface area (Å²) in [7, 11) is 2.23. The Hall–Kier alpha value is -0.930. The first-order valence-corrected chi connectivity index (χ1v) is 6.56. The van der Waals surface area contributed by atoms with Crippen molar-refractivity contribution < 1.29 is 0 Å². The van der Waals surface area contributed by atoms with Gasteiger partial charge in [0.1, 0.15) is 0 Å². The molecule has 2 N–H and O–H groups in total. The van der Waals surface area contributed by atoms with Crippen LogP contribution in [0, 0.1) is 0 Å². The predicted octanol–water partition coefficient (Wildman–Crippen LogP) is 2.34. The lowest BCUT2D eigenvalue weighted by Crippen LogP contribution is -2.39. The van der Waals surface area contributed by atoms with Gasteiger partial charge in [0.2, 0.25) is 0 Å². The summed E-state index contributed by atoms with van der Waals surface area (Å²) in [5.74, 6) is 0. The van der Waals surface area contributed by atoms with Crippen molar-refractivity contribution in [3.8, 4) is 0 Å². The minimum absolute atomic E-state index is 0.427. The van der Waals surface area contributed by atoms with Crippen molar-refractivity contribution in [3.05, 3.63) is 30.1 Å². The Morgan fingerprint density at radius 3 is 2.41 bits per heavy atom. The van der Waals surface area contributed by atoms with Gasteiger partial charge in [0.15, 0.2) is 0 Å². The lowest BCUT2D eigenvalue weighted by molar-refractivity contribution is 0.140. The molecule has 1 unspecified atom stereocenters. The molecule has 3 heteroatoms. The number of aromatic nitrogens is 1. The molecule has 0 amide bonds. The normalized spacial score (nSPS) is 27.1. The predicted molar refractivity (Wildman–Crippen MR) is 70.6 cm³/mol. The van der Waals surface area contributed by atoms with E-state index < -0.39 is 0 Å². The highest BCUT2D eigenvalue weighted by Crippen LogP contribution is 2.27. The first kappa shape index (κ1) is 12.5. The molecule has 2 rings (SSSR count). The molecule has 0 saturated heterocycles. The lowest BCUT2D eigenvalue weighted by atomic mass is 9.90. The van der Waals surface area contributed by atoms with E-state index in [1.807, 2.05) is 12.4 Å². The molecule has 1 aromatic heterocycles. The largest absolute Gasteiger partial charge is 0.328 e. The van der Waals surface area contributed by atoms with Crippen LogP contribution in [0.2, 0.25) is 0 Å². The van der Waals surface area contributed by atoms with Crippen LogP contribution in [-0.4, -0.2) is 29.0 Å². The Morgan fingerprint density at radius 1 is 1.24 bits per heavy atom. The van der Waals surface area contributed by atoms with E-state index in [1.165, 1.54) is 18.4 Å². The van der Waals surface area contributed by atoms with Crippen molar-refractivity contribution in [3.63, 3.8) is 0 Å². The summed E-state index contributed by atoms with van der Waals surface area (Å²) >= 11 is 0. The van der Waals surface area contributed by atoms with Gasteiger partial charge < -0.3 is 5.73 Å². The Balaban J connectivity index is 1.98. The summed E-state index contributed by atoms with van der Waals surface area (Å²) in [5, 5.41) is 0. The van der Waals surface area contributed by atoms with Gasteiger partial charge in [0.25, 0.3) is 0 Å². The standard InChI is InChI=1S/C14H23N3/c1-11(12-7-9-16-10-8-12)17(2)14-5-3-13(15)4-6-14/h7-11,13-14H,3-6,15H2,1-2H3. The van der Waals surface area contributed by atoms with Gasteiger partial charge in [-0.25, -0.2) is 0 Å². The van der Waals surface area contributed by atoms with Crippen molar-refractivity contribution in [2.24, 2.45) is 5.73 Å². The maximum atomic E-state index is 5.96. The second-order valence-corrected chi connectivity index (χ2v) is 5.19. The third-order valence-corrected chi connectivity index (χ3v) is 4.12. The molecule has 1 aromatic rings. The molecule has 1 aliphatic carbocycles. The van der Waals surface area contributed by atoms with Crippen molar-refractivity contribution in [2.45, 2.75) is 50.7 Å². The Morgan fingerprint density at radius 2 is 1.82 bits per heavy atom. The number of nitrogens with zero attached hydrogens (tertiary/aromatic N) is 2. The van der Waals surface area contributed by atoms with Crippen LogP contribution in [0.1, 0.15) is 44.2 Å². The zero-order valence-corrected chi connectivity index (χ0v) is 10.8. The second kappa shape index (κ2) is 5.61. The van der Waals surface area contributed by atoms with Gasteiger partial charge in [-0.15, -0.1) is 0 Å². The summed E-state index contributed by atoms with van der Waals surface area (Å²) in [5.41, 5.74) is 7.30. The van der Waals surface area contributed by atoms with E-state index in [-0.39, 0.29) is 0 Å². The van der Waals surface area contributed by atoms with E-state index in [0.717, 1.165) is 12.8 Å². The Bertz CT molecular complexity index is 331. The molecule has 1 aliphatic rings. The average molecular weight is 233 g/mol. The summed E-state index contributed by atoms with van der Waals surface area (Å²) in [6, 6.07) is 5.78. The molecule has 3 nitrogen and oxygen atoms in total. The smallest absolute Gasteiger partial charge is 0.0320 e. The van der Waals surface area contributed by atoms with Crippen LogP contribution in [0.4, 0.5) is 0 Å². The molecular weight excluding hydrogens is 210 g/mol. The minimum atomic E-state index is 0.427. The molecule has 1 saturated carbocycles. The van der Waals surface area contributed by atoms with Gasteiger partial charge in [0.05, 0.1) is 0 Å². The zero-order chi connectivity index (χ0) is 12.3. The van der Waals surface area contributed by atoms with Crippen LogP contribution >= 0.6 is 0 Å². The van der Waals surface area contributed by atoms with E-state index in [0.29, 0.717) is 18.1 Å². The van der Waals surface area contributed by atoms with Crippen LogP contribution in [0.3, 0.4) is 0 Å². The highest BCUT2D eigenvalue weighted by Gasteiger charge is 2.25. The molecule has 0 aliphatic heterocycles. The summed E-state index contributed by atoms with van der Waals surface area (Å²) < 4.78 is 0. The molecule has 0 spiro atoms. The number of nitrogens with two attached hydrogens (primary N) is 1. The van der Waals surface area contributed by atoms with Crippen LogP contribution in [0.15, 0.2) is 24.5 Å². The molecule has 0 bridgehead atoms. The Kier molecular flexibility index (Phi) is 4.13. The van der Waals surface area contributed by atoms with Gasteiger partial charge in [0, 0.05) is 30.5 Å². The maximum absolute atomic E-state index is 5.96. The van der Waals surface area contributed by atoms with Crippen molar-refractivity contribution in [1.82, 2.24) is 9.88 Å². The van der Waals surface area contributed by atoms with Crippen molar-refractivity contribution >= 4 is 0 Å². The van der Waals surface area contributed by atoms with Gasteiger partial charge in [-0.1, -0.05) is 0 Å². The monoisotopic (exact) mass is 233 g/mol. The zero-order valence-electron chi connectivity index (χ0n) is 10.8. The van der Waals surface area contributed by atoms with Gasteiger partial charge >= 0.3 is 0 Å². The third kappa shape index (κ3) is 3.05. The fourth-order valence-corrected chi connectivity index (χ4v) is 2.70. The number of hydrogen-bond acceptors (Lipinski definition) is 3. The highest BCUT2D eigenvalue weighted by atomic mass is 15.2. The first-order valence-electron chi connectivity index (χ1n) is 6.56. The van der Waals surface area contributed by atoms with Gasteiger partial charge in [-0.05, 0) is 57.4 Å². The average Bonchev–Trinajstić information content (AvgIpc) is 2.39. The maximum Gasteiger partial charge on any atom is 0.0320 e. The van der Waals surface area contributed by atoms with E-state index in [4.69, 9.17) is 5.73 Å². The van der Waals surface area contributed by atoms with E-state index in [2.05, 4.69) is 36.0 Å². The summed E-state index contributed by atoms with van der Waals surface area (Å²) in [6.07, 6.45) is 8.53. The fraction of sp³-hybridized carbons (Fsp3) is 0.643. The fourth-order valence-electron chi connectivity index (χ4n) is 2.70. The topological polar surface area (TPSA) is 42.2 Å². The van der Waals surface area contributed by atoms with E-state index in [9.17, 15) is 0 Å². The van der Waals surface area contributed by atoms with E-state index >= 15 is 0 Å². The van der Waals surface area contributed by atoms with Crippen molar-refractivity contribution in [2.75, 3.05) is 7.05 Å². The third-order valence-electron chi connectivity index (χ3n) is 4.12. The van der Waals surface area contributed by atoms with Gasteiger partial charge in [-0.2, -0.15) is 0 Å². The van der Waals surface area contributed by atoms with E-state index in [1.54, 1.807) is 0 Å². The molecule has 94 valence electrons.